The van der Waals surface area contributed by atoms with Gasteiger partial charge in [0.2, 0.25) is 0 Å². The lowest BCUT2D eigenvalue weighted by molar-refractivity contribution is 0.476. The van der Waals surface area contributed by atoms with Crippen molar-refractivity contribution >= 4 is 34.2 Å². The van der Waals surface area contributed by atoms with Gasteiger partial charge in [0.15, 0.2) is 0 Å². The smallest absolute Gasteiger partial charge is 0.143 e. The third kappa shape index (κ3) is 2.49. The van der Waals surface area contributed by atoms with Crippen molar-refractivity contribution in [2.24, 2.45) is 5.73 Å². The quantitative estimate of drug-likeness (QED) is 0.428. The molecular formula is C27H20N2O. The molecule has 0 bridgehead atoms. The van der Waals surface area contributed by atoms with Crippen molar-refractivity contribution in [1.29, 1.82) is 0 Å². The summed E-state index contributed by atoms with van der Waals surface area (Å²) in [7, 11) is 0. The van der Waals surface area contributed by atoms with Gasteiger partial charge in [0.25, 0.3) is 0 Å². The van der Waals surface area contributed by atoms with Crippen LogP contribution in [0.1, 0.15) is 16.7 Å². The molecule has 144 valence electrons. The van der Waals surface area contributed by atoms with E-state index in [0.29, 0.717) is 0 Å². The monoisotopic (exact) mass is 388 g/mol. The molecule has 3 nitrogen and oxygen atoms in total. The van der Waals surface area contributed by atoms with Gasteiger partial charge in [-0.1, -0.05) is 60.7 Å². The van der Waals surface area contributed by atoms with E-state index < -0.39 is 0 Å². The predicted octanol–water partition coefficient (Wildman–Crippen LogP) is 3.91. The second-order valence-corrected chi connectivity index (χ2v) is 7.81. The molecule has 4 aromatic carbocycles. The van der Waals surface area contributed by atoms with Gasteiger partial charge in [0.1, 0.15) is 11.5 Å². The predicted molar refractivity (Wildman–Crippen MR) is 124 cm³/mol. The number of hydrogen-bond donors (Lipinski definition) is 2. The van der Waals surface area contributed by atoms with E-state index in [1.165, 1.54) is 11.1 Å². The molecule has 0 amide bonds. The molecule has 4 aromatic rings. The minimum atomic E-state index is -0.0761. The molecule has 0 saturated carbocycles. The number of benzene rings is 4. The molecule has 4 N–H and O–H groups in total. The molecule has 1 heterocycles. The Bertz CT molecular complexity index is 1480. The molecule has 1 aliphatic carbocycles. The number of anilines is 1. The van der Waals surface area contributed by atoms with Gasteiger partial charge in [0.05, 0.1) is 0 Å². The molecule has 3 heteroatoms. The zero-order valence-electron chi connectivity index (χ0n) is 16.3. The van der Waals surface area contributed by atoms with Crippen molar-refractivity contribution in [2.45, 2.75) is 6.04 Å². The number of hydrogen-bond acceptors (Lipinski definition) is 3. The maximum Gasteiger partial charge on any atom is 0.143 e. The van der Waals surface area contributed by atoms with Crippen molar-refractivity contribution < 1.29 is 4.74 Å². The molecule has 1 aliphatic heterocycles. The molecule has 2 aliphatic rings. The Labute approximate surface area is 174 Å². The SMILES string of the molecule is Nc1ccc2c3c(ccc2c1)C(c1ccccc1)=c1ccc2c(c1O3)C=CC(N)C=2. The van der Waals surface area contributed by atoms with Crippen LogP contribution in [0, 0.1) is 0 Å². The lowest BCUT2D eigenvalue weighted by Gasteiger charge is -2.25. The fraction of sp³-hybridized carbons (Fsp3) is 0.0370. The van der Waals surface area contributed by atoms with E-state index in [-0.39, 0.29) is 6.04 Å². The number of rotatable bonds is 1. The van der Waals surface area contributed by atoms with Crippen molar-refractivity contribution in [3.63, 3.8) is 0 Å². The summed E-state index contributed by atoms with van der Waals surface area (Å²) in [6.07, 6.45) is 6.16. The molecule has 0 radical (unpaired) electrons. The zero-order chi connectivity index (χ0) is 20.2. The molecular weight excluding hydrogens is 368 g/mol. The highest BCUT2D eigenvalue weighted by molar-refractivity contribution is 5.99. The Morgan fingerprint density at radius 3 is 2.57 bits per heavy atom. The summed E-state index contributed by atoms with van der Waals surface area (Å²) >= 11 is 0. The van der Waals surface area contributed by atoms with Gasteiger partial charge in [-0.05, 0) is 46.5 Å². The van der Waals surface area contributed by atoms with Crippen molar-refractivity contribution in [2.75, 3.05) is 5.73 Å². The fourth-order valence-corrected chi connectivity index (χ4v) is 4.50. The maximum absolute atomic E-state index is 6.64. The summed E-state index contributed by atoms with van der Waals surface area (Å²) in [4.78, 5) is 0. The molecule has 6 rings (SSSR count). The summed E-state index contributed by atoms with van der Waals surface area (Å²) in [6, 6.07) is 24.9. The van der Waals surface area contributed by atoms with E-state index in [2.05, 4.69) is 60.7 Å². The Hall–Kier alpha value is -3.82. The first-order valence-electron chi connectivity index (χ1n) is 10.1. The van der Waals surface area contributed by atoms with Gasteiger partial charge in [-0.15, -0.1) is 0 Å². The first-order chi connectivity index (χ1) is 14.7. The van der Waals surface area contributed by atoms with Crippen LogP contribution in [-0.4, -0.2) is 6.04 Å². The van der Waals surface area contributed by atoms with E-state index in [9.17, 15) is 0 Å². The van der Waals surface area contributed by atoms with Gasteiger partial charge in [-0.3, -0.25) is 0 Å². The molecule has 30 heavy (non-hydrogen) atoms. The molecule has 0 saturated heterocycles. The maximum atomic E-state index is 6.64. The van der Waals surface area contributed by atoms with Crippen LogP contribution in [0.4, 0.5) is 5.69 Å². The van der Waals surface area contributed by atoms with Crippen LogP contribution in [0.2, 0.25) is 0 Å². The van der Waals surface area contributed by atoms with Crippen LogP contribution < -0.4 is 26.6 Å². The zero-order valence-corrected chi connectivity index (χ0v) is 16.3. The second-order valence-electron chi connectivity index (χ2n) is 7.81. The van der Waals surface area contributed by atoms with Gasteiger partial charge >= 0.3 is 0 Å². The standard InChI is InChI=1S/C27H20N2O/c28-19-8-12-21-17(14-19)6-10-23-25(16-4-2-1-3-5-16)24-11-7-18-15-20(29)9-13-22(18)27(24)30-26(21)23/h1-15,19H,28-29H2. The Balaban J connectivity index is 1.77. The van der Waals surface area contributed by atoms with Gasteiger partial charge < -0.3 is 16.2 Å². The third-order valence-electron chi connectivity index (χ3n) is 5.89. The van der Waals surface area contributed by atoms with E-state index in [4.69, 9.17) is 16.2 Å². The van der Waals surface area contributed by atoms with E-state index in [0.717, 1.165) is 49.5 Å². The minimum absolute atomic E-state index is 0.0761. The van der Waals surface area contributed by atoms with Crippen molar-refractivity contribution in [1.82, 2.24) is 0 Å². The number of nitrogens with two attached hydrogens (primary N) is 2. The lowest BCUT2D eigenvalue weighted by atomic mass is 9.89. The van der Waals surface area contributed by atoms with Gasteiger partial charge in [-0.2, -0.15) is 0 Å². The molecule has 1 atom stereocenters. The number of nitrogen functional groups attached to an aromatic ring is 1. The van der Waals surface area contributed by atoms with Crippen molar-refractivity contribution in [3.8, 4) is 11.5 Å². The molecule has 1 unspecified atom stereocenters. The van der Waals surface area contributed by atoms with Gasteiger partial charge in [0, 0.05) is 39.0 Å². The van der Waals surface area contributed by atoms with Crippen LogP contribution >= 0.6 is 0 Å². The average molecular weight is 388 g/mol. The van der Waals surface area contributed by atoms with Crippen molar-refractivity contribution in [3.05, 3.63) is 106 Å². The first kappa shape index (κ1) is 17.1. The van der Waals surface area contributed by atoms with Crippen LogP contribution in [0.3, 0.4) is 0 Å². The highest BCUT2D eigenvalue weighted by atomic mass is 16.5. The van der Waals surface area contributed by atoms with Crippen LogP contribution in [-0.2, 0) is 0 Å². The molecule has 0 spiro atoms. The summed E-state index contributed by atoms with van der Waals surface area (Å²) in [6.45, 7) is 0. The fourth-order valence-electron chi connectivity index (χ4n) is 4.50. The average Bonchev–Trinajstić information content (AvgIpc) is 2.77. The summed E-state index contributed by atoms with van der Waals surface area (Å²) < 4.78 is 6.64. The molecule has 0 fully saturated rings. The topological polar surface area (TPSA) is 61.3 Å². The van der Waals surface area contributed by atoms with Gasteiger partial charge in [-0.25, -0.2) is 0 Å². The third-order valence-corrected chi connectivity index (χ3v) is 5.89. The highest BCUT2D eigenvalue weighted by Crippen LogP contribution is 2.42. The Kier molecular flexibility index (Phi) is 3.61. The molecule has 0 aromatic heterocycles. The van der Waals surface area contributed by atoms with E-state index in [1.807, 2.05) is 30.3 Å². The minimum Gasteiger partial charge on any atom is -0.455 e. The van der Waals surface area contributed by atoms with E-state index in [1.54, 1.807) is 0 Å². The van der Waals surface area contributed by atoms with Crippen LogP contribution in [0.25, 0.3) is 28.5 Å². The van der Waals surface area contributed by atoms with Crippen LogP contribution in [0.5, 0.6) is 11.5 Å². The summed E-state index contributed by atoms with van der Waals surface area (Å²) in [5, 5.41) is 4.32. The van der Waals surface area contributed by atoms with Crippen LogP contribution in [0.15, 0.2) is 78.9 Å². The largest absolute Gasteiger partial charge is 0.455 e. The normalized spacial score (nSPS) is 16.3. The Morgan fingerprint density at radius 2 is 1.70 bits per heavy atom. The number of ether oxygens (including phenoxy) is 1. The number of fused-ring (bicyclic) bond motifs is 6. The summed E-state index contributed by atoms with van der Waals surface area (Å²) in [5.74, 6) is 1.75. The second kappa shape index (κ2) is 6.34. The highest BCUT2D eigenvalue weighted by Gasteiger charge is 2.24. The van der Waals surface area contributed by atoms with E-state index >= 15 is 0 Å². The Morgan fingerprint density at radius 1 is 0.833 bits per heavy atom. The lowest BCUT2D eigenvalue weighted by Crippen LogP contribution is -2.27. The first-order valence-corrected chi connectivity index (χ1v) is 10.1. The summed E-state index contributed by atoms with van der Waals surface area (Å²) in [5.41, 5.74) is 17.4.